The number of likely N-dealkylation sites (tertiary alicyclic amines) is 1. The second kappa shape index (κ2) is 10.3. The van der Waals surface area contributed by atoms with Crippen molar-refractivity contribution < 1.29 is 4.79 Å². The van der Waals surface area contributed by atoms with Crippen molar-refractivity contribution in [3.63, 3.8) is 0 Å². The zero-order chi connectivity index (χ0) is 21.6. The van der Waals surface area contributed by atoms with Crippen molar-refractivity contribution in [2.24, 2.45) is 0 Å². The van der Waals surface area contributed by atoms with Crippen molar-refractivity contribution in [3.05, 3.63) is 64.9 Å². The highest BCUT2D eigenvalue weighted by Gasteiger charge is 2.19. The van der Waals surface area contributed by atoms with Crippen molar-refractivity contribution in [2.75, 3.05) is 24.2 Å². The van der Waals surface area contributed by atoms with Gasteiger partial charge < -0.3 is 5.32 Å². The molecule has 162 valence electrons. The highest BCUT2D eigenvalue weighted by Crippen LogP contribution is 2.26. The number of thioether (sulfide) groups is 1. The summed E-state index contributed by atoms with van der Waals surface area (Å²) in [5.41, 5.74) is 2.60. The third-order valence-electron chi connectivity index (χ3n) is 5.40. The van der Waals surface area contributed by atoms with E-state index in [1.54, 1.807) is 0 Å². The second-order valence-electron chi connectivity index (χ2n) is 7.66. The van der Waals surface area contributed by atoms with Gasteiger partial charge in [-0.05, 0) is 62.7 Å². The lowest BCUT2D eigenvalue weighted by Crippen LogP contribution is -2.30. The highest BCUT2D eigenvalue weighted by atomic mass is 35.5. The first kappa shape index (κ1) is 21.9. The number of hydrogen-bond acceptors (Lipinski definition) is 5. The van der Waals surface area contributed by atoms with Gasteiger partial charge in [-0.15, -0.1) is 10.2 Å². The molecule has 0 unspecified atom stereocenters. The molecule has 0 atom stereocenters. The Balaban J connectivity index is 1.49. The summed E-state index contributed by atoms with van der Waals surface area (Å²) < 4.78 is 2.07. The SMILES string of the molecule is Cc1c(Cl)cccc1NC(=O)CSc1nnc(CN2CCCCC2)n1-c1ccccc1. The van der Waals surface area contributed by atoms with E-state index in [9.17, 15) is 4.79 Å². The number of para-hydroxylation sites is 1. The fourth-order valence-electron chi connectivity index (χ4n) is 3.71. The van der Waals surface area contributed by atoms with E-state index < -0.39 is 0 Å². The molecule has 31 heavy (non-hydrogen) atoms. The molecule has 1 N–H and O–H groups in total. The molecule has 3 aromatic rings. The molecule has 4 rings (SSSR count). The molecule has 0 aliphatic carbocycles. The molecular weight excluding hydrogens is 430 g/mol. The van der Waals surface area contributed by atoms with Crippen molar-refractivity contribution in [3.8, 4) is 5.69 Å². The van der Waals surface area contributed by atoms with Crippen LogP contribution in [0.4, 0.5) is 5.69 Å². The Hall–Kier alpha value is -2.35. The van der Waals surface area contributed by atoms with Gasteiger partial charge in [-0.1, -0.05) is 54.0 Å². The summed E-state index contributed by atoms with van der Waals surface area (Å²) >= 11 is 7.55. The summed E-state index contributed by atoms with van der Waals surface area (Å²) in [7, 11) is 0. The Labute approximate surface area is 192 Å². The lowest BCUT2D eigenvalue weighted by Gasteiger charge is -2.26. The number of nitrogens with zero attached hydrogens (tertiary/aromatic N) is 4. The summed E-state index contributed by atoms with van der Waals surface area (Å²) in [5, 5.41) is 13.2. The largest absolute Gasteiger partial charge is 0.325 e. The first-order valence-corrected chi connectivity index (χ1v) is 11.9. The number of benzene rings is 2. The van der Waals surface area contributed by atoms with E-state index in [-0.39, 0.29) is 11.7 Å². The number of nitrogens with one attached hydrogen (secondary N) is 1. The molecule has 2 heterocycles. The standard InChI is InChI=1S/C23H26ClN5OS/c1-17-19(24)11-8-12-20(17)25-22(30)16-31-23-27-26-21(15-28-13-6-3-7-14-28)29(23)18-9-4-2-5-10-18/h2,4-5,8-12H,3,6-7,13-16H2,1H3,(H,25,30). The summed E-state index contributed by atoms with van der Waals surface area (Å²) in [6, 6.07) is 15.6. The molecule has 0 radical (unpaired) electrons. The van der Waals surface area contributed by atoms with Gasteiger partial charge in [0.15, 0.2) is 11.0 Å². The lowest BCUT2D eigenvalue weighted by atomic mass is 10.1. The van der Waals surface area contributed by atoms with Crippen molar-refractivity contribution in [1.29, 1.82) is 0 Å². The third kappa shape index (κ3) is 5.47. The number of aromatic nitrogens is 3. The Morgan fingerprint density at radius 3 is 2.61 bits per heavy atom. The van der Waals surface area contributed by atoms with Gasteiger partial charge in [0.25, 0.3) is 0 Å². The van der Waals surface area contributed by atoms with Crippen LogP contribution in [0.15, 0.2) is 53.7 Å². The average molecular weight is 456 g/mol. The zero-order valence-corrected chi connectivity index (χ0v) is 19.1. The van der Waals surface area contributed by atoms with Gasteiger partial charge in [-0.3, -0.25) is 14.3 Å². The molecule has 1 saturated heterocycles. The first-order valence-electron chi connectivity index (χ1n) is 10.5. The minimum atomic E-state index is -0.101. The summed E-state index contributed by atoms with van der Waals surface area (Å²) in [5.74, 6) is 1.04. The van der Waals surface area contributed by atoms with Gasteiger partial charge in [0.05, 0.1) is 12.3 Å². The maximum Gasteiger partial charge on any atom is 0.234 e. The van der Waals surface area contributed by atoms with E-state index in [2.05, 4.69) is 25.0 Å². The monoisotopic (exact) mass is 455 g/mol. The number of anilines is 1. The van der Waals surface area contributed by atoms with Gasteiger partial charge in [0, 0.05) is 16.4 Å². The molecule has 1 aromatic heterocycles. The molecule has 1 fully saturated rings. The predicted molar refractivity (Wildman–Crippen MR) is 126 cm³/mol. The number of piperidine rings is 1. The van der Waals surface area contributed by atoms with Crippen LogP contribution in [0.25, 0.3) is 5.69 Å². The van der Waals surface area contributed by atoms with E-state index in [0.717, 1.165) is 47.6 Å². The Bertz CT molecular complexity index is 1030. The molecule has 1 aliphatic rings. The van der Waals surface area contributed by atoms with Crippen LogP contribution in [0, 0.1) is 6.92 Å². The van der Waals surface area contributed by atoms with Gasteiger partial charge in [0.2, 0.25) is 5.91 Å². The molecule has 6 nitrogen and oxygen atoms in total. The minimum absolute atomic E-state index is 0.101. The number of halogens is 1. The quantitative estimate of drug-likeness (QED) is 0.511. The number of hydrogen-bond donors (Lipinski definition) is 1. The summed E-state index contributed by atoms with van der Waals surface area (Å²) in [4.78, 5) is 15.0. The van der Waals surface area contributed by atoms with Gasteiger partial charge >= 0.3 is 0 Å². The normalized spacial score (nSPS) is 14.5. The lowest BCUT2D eigenvalue weighted by molar-refractivity contribution is -0.113. The summed E-state index contributed by atoms with van der Waals surface area (Å²) in [6.07, 6.45) is 3.75. The van der Waals surface area contributed by atoms with Crippen LogP contribution >= 0.6 is 23.4 Å². The van der Waals surface area contributed by atoms with Gasteiger partial charge in [0.1, 0.15) is 0 Å². The Kier molecular flexibility index (Phi) is 7.27. The van der Waals surface area contributed by atoms with Gasteiger partial charge in [-0.25, -0.2) is 0 Å². The van der Waals surface area contributed by atoms with E-state index in [1.807, 2.05) is 55.5 Å². The Morgan fingerprint density at radius 1 is 1.06 bits per heavy atom. The molecule has 0 saturated carbocycles. The molecule has 8 heteroatoms. The number of carbonyl (C=O) groups is 1. The van der Waals surface area contributed by atoms with E-state index in [1.165, 1.54) is 31.0 Å². The average Bonchev–Trinajstić information content (AvgIpc) is 3.19. The number of carbonyl (C=O) groups excluding carboxylic acids is 1. The van der Waals surface area contributed by atoms with Crippen LogP contribution in [0.1, 0.15) is 30.7 Å². The Morgan fingerprint density at radius 2 is 1.84 bits per heavy atom. The van der Waals surface area contributed by atoms with E-state index in [4.69, 9.17) is 11.6 Å². The fourth-order valence-corrected chi connectivity index (χ4v) is 4.65. The smallest absolute Gasteiger partial charge is 0.234 e. The van der Waals surface area contributed by atoms with E-state index in [0.29, 0.717) is 5.02 Å². The fraction of sp³-hybridized carbons (Fsp3) is 0.348. The van der Waals surface area contributed by atoms with E-state index >= 15 is 0 Å². The van der Waals surface area contributed by atoms with Crippen molar-refractivity contribution in [1.82, 2.24) is 19.7 Å². The van der Waals surface area contributed by atoms with Crippen LogP contribution in [-0.2, 0) is 11.3 Å². The zero-order valence-electron chi connectivity index (χ0n) is 17.6. The number of rotatable bonds is 7. The minimum Gasteiger partial charge on any atom is -0.325 e. The molecule has 2 aromatic carbocycles. The summed E-state index contributed by atoms with van der Waals surface area (Å²) in [6.45, 7) is 4.83. The van der Waals surface area contributed by atoms with Crippen molar-refractivity contribution >= 4 is 35.0 Å². The van der Waals surface area contributed by atoms with Crippen LogP contribution < -0.4 is 5.32 Å². The third-order valence-corrected chi connectivity index (χ3v) is 6.74. The second-order valence-corrected chi connectivity index (χ2v) is 9.01. The maximum atomic E-state index is 12.6. The molecule has 0 bridgehead atoms. The molecule has 1 amide bonds. The number of amides is 1. The van der Waals surface area contributed by atoms with Crippen LogP contribution in [0.3, 0.4) is 0 Å². The molecular formula is C23H26ClN5OS. The van der Waals surface area contributed by atoms with Crippen LogP contribution in [0.2, 0.25) is 5.02 Å². The van der Waals surface area contributed by atoms with Gasteiger partial charge in [-0.2, -0.15) is 0 Å². The first-order chi connectivity index (χ1) is 15.1. The molecule has 1 aliphatic heterocycles. The predicted octanol–water partition coefficient (Wildman–Crippen LogP) is 4.95. The topological polar surface area (TPSA) is 63.1 Å². The molecule has 0 spiro atoms. The highest BCUT2D eigenvalue weighted by molar-refractivity contribution is 7.99. The van der Waals surface area contributed by atoms with Crippen molar-refractivity contribution in [2.45, 2.75) is 37.9 Å². The van der Waals surface area contributed by atoms with Crippen LogP contribution in [-0.4, -0.2) is 44.4 Å². The maximum absolute atomic E-state index is 12.6. The van der Waals surface area contributed by atoms with Crippen LogP contribution in [0.5, 0.6) is 0 Å².